The third-order valence-corrected chi connectivity index (χ3v) is 5.35. The van der Waals surface area contributed by atoms with Gasteiger partial charge in [0.25, 0.3) is 0 Å². The zero-order valence-electron chi connectivity index (χ0n) is 10.1. The molecule has 0 aliphatic carbocycles. The Kier molecular flexibility index (Phi) is 4.65. The van der Waals surface area contributed by atoms with Crippen LogP contribution in [-0.4, -0.2) is 9.97 Å². The number of halogens is 2. The molecular weight excluding hydrogens is 467 g/mol. The van der Waals surface area contributed by atoms with Gasteiger partial charge in [0, 0.05) is 8.04 Å². The highest BCUT2D eigenvalue weighted by molar-refractivity contribution is 14.1. The molecule has 0 atom stereocenters. The van der Waals surface area contributed by atoms with Crippen molar-refractivity contribution in [2.45, 2.75) is 0 Å². The highest BCUT2D eigenvalue weighted by atomic mass is 127. The van der Waals surface area contributed by atoms with Crippen molar-refractivity contribution >= 4 is 81.6 Å². The van der Waals surface area contributed by atoms with Crippen molar-refractivity contribution in [3.05, 3.63) is 55.5 Å². The monoisotopic (exact) mass is 474 g/mol. The van der Waals surface area contributed by atoms with Gasteiger partial charge < -0.3 is 0 Å². The Bertz CT molecular complexity index is 784. The van der Waals surface area contributed by atoms with E-state index in [2.05, 4.69) is 72.8 Å². The minimum absolute atomic E-state index is 1.08. The molecule has 0 saturated heterocycles. The lowest BCUT2D eigenvalue weighted by Gasteiger charge is -1.87. The molecule has 2 aromatic carbocycles. The summed E-state index contributed by atoms with van der Waals surface area (Å²) < 4.78 is 4.86. The quantitative estimate of drug-likeness (QED) is 0.294. The molecule has 0 aliphatic rings. The minimum atomic E-state index is 1.08. The molecule has 0 fully saturated rings. The van der Waals surface area contributed by atoms with Crippen LogP contribution in [-0.2, 0) is 0 Å². The van der Waals surface area contributed by atoms with Crippen molar-refractivity contribution in [3.63, 3.8) is 0 Å². The van der Waals surface area contributed by atoms with Crippen molar-refractivity contribution in [2.75, 3.05) is 0 Å². The summed E-state index contributed by atoms with van der Waals surface area (Å²) in [4.78, 5) is 8.35. The molecule has 2 nitrogen and oxygen atoms in total. The molecule has 0 radical (unpaired) electrons. The van der Waals surface area contributed by atoms with Crippen molar-refractivity contribution in [1.82, 2.24) is 9.97 Å². The maximum absolute atomic E-state index is 4.19. The van der Waals surface area contributed by atoms with Gasteiger partial charge in [-0.05, 0) is 59.0 Å². The van der Waals surface area contributed by atoms with E-state index < -0.39 is 0 Å². The fraction of sp³-hybridized carbons (Fsp3) is 0. The molecule has 0 bridgehead atoms. The van der Waals surface area contributed by atoms with Crippen LogP contribution in [0.4, 0.5) is 0 Å². The number of hydrogen-bond acceptors (Lipinski definition) is 4. The maximum atomic E-state index is 4.19. The van der Waals surface area contributed by atoms with Crippen LogP contribution in [0.5, 0.6) is 0 Å². The molecule has 6 heteroatoms. The molecule has 0 unspecified atom stereocenters. The molecule has 4 rings (SSSR count). The third kappa shape index (κ3) is 3.36. The summed E-state index contributed by atoms with van der Waals surface area (Å²) in [6.45, 7) is 0. The van der Waals surface area contributed by atoms with Gasteiger partial charge >= 0.3 is 0 Å². The van der Waals surface area contributed by atoms with Crippen LogP contribution in [0.25, 0.3) is 20.4 Å². The lowest BCUT2D eigenvalue weighted by Crippen LogP contribution is -1.69. The summed E-state index contributed by atoms with van der Waals surface area (Å²) in [7, 11) is 0. The van der Waals surface area contributed by atoms with E-state index in [1.165, 1.54) is 13.0 Å². The van der Waals surface area contributed by atoms with Crippen LogP contribution in [0.2, 0.25) is 0 Å². The van der Waals surface area contributed by atoms with E-state index >= 15 is 0 Å². The van der Waals surface area contributed by atoms with Gasteiger partial charge in [-0.25, -0.2) is 9.97 Å². The molecule has 100 valence electrons. The first kappa shape index (κ1) is 14.4. The summed E-state index contributed by atoms with van der Waals surface area (Å²) in [6, 6.07) is 12.4. The molecule has 0 aliphatic heterocycles. The van der Waals surface area contributed by atoms with Gasteiger partial charge in [-0.2, -0.15) is 0 Å². The number of fused-ring (bicyclic) bond motifs is 2. The number of benzene rings is 2. The molecule has 0 amide bonds. The van der Waals surface area contributed by atoms with Crippen LogP contribution >= 0.6 is 61.2 Å². The molecule has 0 N–H and O–H groups in total. The maximum Gasteiger partial charge on any atom is 0.0822 e. The van der Waals surface area contributed by atoms with E-state index in [1.807, 2.05) is 23.2 Å². The molecule has 20 heavy (non-hydrogen) atoms. The number of thiazole rings is 2. The fourth-order valence-electron chi connectivity index (χ4n) is 1.66. The average Bonchev–Trinajstić information content (AvgIpc) is 3.06. The zero-order valence-corrected chi connectivity index (χ0v) is 15.5. The molecule has 2 aromatic heterocycles. The number of aromatic nitrogens is 2. The second-order valence-electron chi connectivity index (χ2n) is 3.93. The van der Waals surface area contributed by atoms with Crippen molar-refractivity contribution < 1.29 is 0 Å². The minimum Gasteiger partial charge on any atom is -0.245 e. The number of nitrogens with zero attached hydrogens (tertiary/aromatic N) is 2. The van der Waals surface area contributed by atoms with E-state index in [4.69, 9.17) is 0 Å². The molecule has 4 aromatic rings. The van der Waals surface area contributed by atoms with Crippen LogP contribution < -0.4 is 0 Å². The largest absolute Gasteiger partial charge is 0.245 e. The van der Waals surface area contributed by atoms with Gasteiger partial charge in [0.05, 0.1) is 31.5 Å². The highest BCUT2D eigenvalue weighted by Gasteiger charge is 1.95. The topological polar surface area (TPSA) is 25.8 Å². The predicted molar refractivity (Wildman–Crippen MR) is 99.7 cm³/mol. The van der Waals surface area contributed by atoms with Gasteiger partial charge in [0.1, 0.15) is 0 Å². The third-order valence-electron chi connectivity index (χ3n) is 2.59. The number of rotatable bonds is 0. The lowest BCUT2D eigenvalue weighted by atomic mass is 10.3. The van der Waals surface area contributed by atoms with Gasteiger partial charge in [-0.3, -0.25) is 0 Å². The Labute approximate surface area is 146 Å². The van der Waals surface area contributed by atoms with Gasteiger partial charge in [0.15, 0.2) is 0 Å². The Balaban J connectivity index is 0.000000121. The fourth-order valence-corrected chi connectivity index (χ4v) is 4.02. The van der Waals surface area contributed by atoms with Crippen molar-refractivity contribution in [3.8, 4) is 0 Å². The summed E-state index contributed by atoms with van der Waals surface area (Å²) >= 11 is 9.03. The lowest BCUT2D eigenvalue weighted by molar-refractivity contribution is 1.49. The number of hydrogen-bond donors (Lipinski definition) is 0. The summed E-state index contributed by atoms with van der Waals surface area (Å²) in [5, 5.41) is 0. The van der Waals surface area contributed by atoms with Crippen LogP contribution in [0.1, 0.15) is 0 Å². The second-order valence-corrected chi connectivity index (χ2v) is 7.86. The van der Waals surface area contributed by atoms with E-state index in [0.717, 1.165) is 15.5 Å². The Morgan fingerprint density at radius 2 is 1.60 bits per heavy atom. The van der Waals surface area contributed by atoms with Crippen LogP contribution in [0.3, 0.4) is 0 Å². The molecule has 0 spiro atoms. The van der Waals surface area contributed by atoms with Gasteiger partial charge in [-0.1, -0.05) is 15.9 Å². The second kappa shape index (κ2) is 6.46. The first-order chi connectivity index (χ1) is 9.72. The van der Waals surface area contributed by atoms with Crippen molar-refractivity contribution in [2.24, 2.45) is 0 Å². The van der Waals surface area contributed by atoms with Crippen LogP contribution in [0.15, 0.2) is 51.9 Å². The zero-order chi connectivity index (χ0) is 13.9. The predicted octanol–water partition coefficient (Wildman–Crippen LogP) is 5.96. The average molecular weight is 475 g/mol. The summed E-state index contributed by atoms with van der Waals surface area (Å²) in [5.41, 5.74) is 5.92. The Morgan fingerprint density at radius 1 is 0.850 bits per heavy atom. The van der Waals surface area contributed by atoms with E-state index in [9.17, 15) is 0 Å². The smallest absolute Gasteiger partial charge is 0.0822 e. The first-order valence-electron chi connectivity index (χ1n) is 5.70. The highest BCUT2D eigenvalue weighted by Crippen LogP contribution is 2.21. The summed E-state index contributed by atoms with van der Waals surface area (Å²) in [5.74, 6) is 0. The van der Waals surface area contributed by atoms with Crippen LogP contribution in [0, 0.1) is 3.57 Å². The first-order valence-corrected chi connectivity index (χ1v) is 9.33. The van der Waals surface area contributed by atoms with Gasteiger partial charge in [-0.15, -0.1) is 22.7 Å². The summed E-state index contributed by atoms with van der Waals surface area (Å²) in [6.07, 6.45) is 0. The molecule has 0 saturated carbocycles. The Morgan fingerprint density at radius 3 is 2.45 bits per heavy atom. The normalized spacial score (nSPS) is 10.5. The molecular formula is C14H8BrIN2S2. The van der Waals surface area contributed by atoms with E-state index in [-0.39, 0.29) is 0 Å². The van der Waals surface area contributed by atoms with E-state index in [0.29, 0.717) is 0 Å². The standard InChI is InChI=1S/C7H4BrNS.C7H4INS/c8-5-1-2-6-7(3-5)10-4-9-6;8-5-1-2-7-6(3-5)9-4-10-7/h2*1-4H. The molecule has 2 heterocycles. The van der Waals surface area contributed by atoms with E-state index in [1.54, 1.807) is 22.7 Å². The Hall–Kier alpha value is -0.570. The van der Waals surface area contributed by atoms with Gasteiger partial charge in [0.2, 0.25) is 0 Å². The van der Waals surface area contributed by atoms with Crippen molar-refractivity contribution in [1.29, 1.82) is 0 Å². The SMILES string of the molecule is Brc1ccc2ncsc2c1.Ic1ccc2scnc2c1.